The Morgan fingerprint density at radius 2 is 1.09 bits per heavy atom. The highest BCUT2D eigenvalue weighted by Gasteiger charge is 2.23. The first kappa shape index (κ1) is 26.7. The van der Waals surface area contributed by atoms with Gasteiger partial charge < -0.3 is 0 Å². The molecule has 0 spiro atoms. The molecule has 180 valence electrons. The van der Waals surface area contributed by atoms with Crippen LogP contribution in [0, 0.1) is 0 Å². The lowest BCUT2D eigenvalue weighted by Crippen LogP contribution is -2.34. The van der Waals surface area contributed by atoms with Crippen LogP contribution in [0.5, 0.6) is 0 Å². The van der Waals surface area contributed by atoms with Crippen LogP contribution in [0.1, 0.15) is 141 Å². The summed E-state index contributed by atoms with van der Waals surface area (Å²) in [6.45, 7) is 4.60. The molecule has 1 atom stereocenters. The van der Waals surface area contributed by atoms with Crippen LogP contribution in [-0.2, 0) is 0 Å². The minimum absolute atomic E-state index is 0.644. The van der Waals surface area contributed by atoms with E-state index in [4.69, 9.17) is 0 Å². The molecule has 0 unspecified atom stereocenters. The van der Waals surface area contributed by atoms with Crippen molar-refractivity contribution in [3.8, 4) is 5.69 Å². The van der Waals surface area contributed by atoms with E-state index in [9.17, 15) is 0 Å². The standard InChI is InChI=1S/C30H50N2/c1-3-5-7-9-10-11-12-13-14-15-16-19-23-28(22-18-8-6-4-2)30-31-26-27-32(30)29-24-20-17-21-25-29/h17,20-21,24-28H,3-16,18-19,22-23H2,1-2H3/p+1/t28-/m0/s1. The lowest BCUT2D eigenvalue weighted by molar-refractivity contribution is -0.604. The maximum Gasteiger partial charge on any atom is 0.262 e. The third-order valence-corrected chi connectivity index (χ3v) is 6.95. The Labute approximate surface area is 199 Å². The summed E-state index contributed by atoms with van der Waals surface area (Å²) >= 11 is 0. The van der Waals surface area contributed by atoms with E-state index in [2.05, 4.69) is 66.1 Å². The number of benzene rings is 1. The van der Waals surface area contributed by atoms with Crippen molar-refractivity contribution in [1.82, 2.24) is 4.98 Å². The lowest BCUT2D eigenvalue weighted by Gasteiger charge is -2.14. The smallest absolute Gasteiger partial charge is 0.247 e. The first-order valence-corrected chi connectivity index (χ1v) is 14.0. The molecule has 0 saturated carbocycles. The molecule has 0 amide bonds. The van der Waals surface area contributed by atoms with E-state index in [-0.39, 0.29) is 0 Å². The number of nitrogens with one attached hydrogen (secondary N) is 1. The fourth-order valence-corrected chi connectivity index (χ4v) is 4.94. The van der Waals surface area contributed by atoms with Gasteiger partial charge in [-0.1, -0.05) is 135 Å². The molecule has 1 heterocycles. The highest BCUT2D eigenvalue weighted by atomic mass is 15.1. The monoisotopic (exact) mass is 439 g/mol. The van der Waals surface area contributed by atoms with Crippen LogP contribution in [0.15, 0.2) is 42.7 Å². The van der Waals surface area contributed by atoms with Gasteiger partial charge in [0.25, 0.3) is 5.82 Å². The Morgan fingerprint density at radius 3 is 1.62 bits per heavy atom. The third-order valence-electron chi connectivity index (χ3n) is 6.95. The van der Waals surface area contributed by atoms with Gasteiger partial charge in [-0.3, -0.25) is 0 Å². The molecule has 0 aliphatic heterocycles. The van der Waals surface area contributed by atoms with Crippen LogP contribution in [0.2, 0.25) is 0 Å². The van der Waals surface area contributed by atoms with E-state index in [0.717, 1.165) is 0 Å². The molecular formula is C30H51N2+. The second-order valence-electron chi connectivity index (χ2n) is 9.77. The van der Waals surface area contributed by atoms with E-state index >= 15 is 0 Å². The van der Waals surface area contributed by atoms with Gasteiger partial charge in [0, 0.05) is 0 Å². The average molecular weight is 440 g/mol. The first-order chi connectivity index (χ1) is 15.9. The Balaban J connectivity index is 1.71. The highest BCUT2D eigenvalue weighted by molar-refractivity contribution is 5.22. The van der Waals surface area contributed by atoms with Gasteiger partial charge in [-0.05, 0) is 25.0 Å². The number of rotatable bonds is 20. The number of hydrogen-bond acceptors (Lipinski definition) is 0. The van der Waals surface area contributed by atoms with Gasteiger partial charge in [0.1, 0.15) is 18.1 Å². The Morgan fingerprint density at radius 1 is 0.625 bits per heavy atom. The zero-order chi connectivity index (χ0) is 22.7. The molecule has 0 radical (unpaired) electrons. The summed E-state index contributed by atoms with van der Waals surface area (Å²) in [7, 11) is 0. The van der Waals surface area contributed by atoms with Gasteiger partial charge in [-0.2, -0.15) is 4.57 Å². The normalized spacial score (nSPS) is 12.3. The van der Waals surface area contributed by atoms with Crippen LogP contribution >= 0.6 is 0 Å². The van der Waals surface area contributed by atoms with E-state index in [1.54, 1.807) is 0 Å². The van der Waals surface area contributed by atoms with Gasteiger partial charge >= 0.3 is 0 Å². The van der Waals surface area contributed by atoms with Gasteiger partial charge in [-0.25, -0.2) is 4.98 Å². The summed E-state index contributed by atoms with van der Waals surface area (Å²) in [5.41, 5.74) is 1.28. The van der Waals surface area contributed by atoms with Gasteiger partial charge in [0.15, 0.2) is 0 Å². The predicted octanol–water partition coefficient (Wildman–Crippen LogP) is 9.44. The summed E-state index contributed by atoms with van der Waals surface area (Å²) in [6.07, 6.45) is 29.4. The minimum Gasteiger partial charge on any atom is -0.247 e. The zero-order valence-corrected chi connectivity index (χ0v) is 21.3. The first-order valence-electron chi connectivity index (χ1n) is 14.0. The predicted molar refractivity (Wildman–Crippen MR) is 140 cm³/mol. The SMILES string of the molecule is CCCCCCCCCCCCCC[C@H](CCCCCC)c1[nH]cc[n+]1-c1ccccc1. The molecule has 0 aliphatic carbocycles. The third kappa shape index (κ3) is 10.8. The van der Waals surface area contributed by atoms with Crippen molar-refractivity contribution in [2.45, 2.75) is 135 Å². The summed E-state index contributed by atoms with van der Waals surface area (Å²) in [4.78, 5) is 3.60. The van der Waals surface area contributed by atoms with Gasteiger partial charge in [-0.15, -0.1) is 0 Å². The van der Waals surface area contributed by atoms with Crippen molar-refractivity contribution in [3.05, 3.63) is 48.5 Å². The molecule has 0 aliphatic rings. The number of unbranched alkanes of at least 4 members (excludes halogenated alkanes) is 14. The van der Waals surface area contributed by atoms with Crippen LogP contribution in [0.4, 0.5) is 0 Å². The zero-order valence-electron chi connectivity index (χ0n) is 21.3. The lowest BCUT2D eigenvalue weighted by atomic mass is 9.93. The molecule has 2 heteroatoms. The summed E-state index contributed by atoms with van der Waals surface area (Å²) < 4.78 is 2.38. The number of nitrogens with zero attached hydrogens (tertiary/aromatic N) is 1. The Hall–Kier alpha value is -1.57. The summed E-state index contributed by atoms with van der Waals surface area (Å²) in [6, 6.07) is 10.8. The van der Waals surface area contributed by atoms with E-state index in [1.165, 1.54) is 127 Å². The molecule has 0 bridgehead atoms. The largest absolute Gasteiger partial charge is 0.262 e. The molecule has 2 aromatic rings. The van der Waals surface area contributed by atoms with Gasteiger partial charge in [0.05, 0.1) is 5.92 Å². The number of para-hydroxylation sites is 1. The van der Waals surface area contributed by atoms with Crippen molar-refractivity contribution in [1.29, 1.82) is 0 Å². The van der Waals surface area contributed by atoms with Crippen LogP contribution in [0.25, 0.3) is 5.69 Å². The maximum absolute atomic E-state index is 3.60. The molecular weight excluding hydrogens is 388 g/mol. The number of aromatic amines is 1. The second kappa shape index (κ2) is 17.9. The van der Waals surface area contributed by atoms with Crippen LogP contribution in [-0.4, -0.2) is 4.98 Å². The van der Waals surface area contributed by atoms with Crippen LogP contribution in [0.3, 0.4) is 0 Å². The Kier molecular flexibility index (Phi) is 14.9. The molecule has 2 nitrogen and oxygen atoms in total. The van der Waals surface area contributed by atoms with Crippen molar-refractivity contribution in [3.63, 3.8) is 0 Å². The van der Waals surface area contributed by atoms with E-state index < -0.39 is 0 Å². The molecule has 32 heavy (non-hydrogen) atoms. The van der Waals surface area contributed by atoms with Gasteiger partial charge in [0.2, 0.25) is 0 Å². The average Bonchev–Trinajstić information content (AvgIpc) is 3.31. The number of hydrogen-bond donors (Lipinski definition) is 1. The van der Waals surface area contributed by atoms with Crippen molar-refractivity contribution in [2.24, 2.45) is 0 Å². The fourth-order valence-electron chi connectivity index (χ4n) is 4.94. The Bertz CT molecular complexity index is 660. The van der Waals surface area contributed by atoms with Crippen LogP contribution < -0.4 is 4.57 Å². The van der Waals surface area contributed by atoms with Crippen molar-refractivity contribution >= 4 is 0 Å². The van der Waals surface area contributed by atoms with E-state index in [1.807, 2.05) is 0 Å². The minimum atomic E-state index is 0.644. The quantitative estimate of drug-likeness (QED) is 0.156. The molecule has 0 fully saturated rings. The highest BCUT2D eigenvalue weighted by Crippen LogP contribution is 2.26. The number of imidazole rings is 1. The molecule has 0 saturated heterocycles. The summed E-state index contributed by atoms with van der Waals surface area (Å²) in [5, 5.41) is 0. The molecule has 2 rings (SSSR count). The molecule has 1 aromatic carbocycles. The topological polar surface area (TPSA) is 19.7 Å². The summed E-state index contributed by atoms with van der Waals surface area (Å²) in [5.74, 6) is 2.04. The molecule has 1 aromatic heterocycles. The van der Waals surface area contributed by atoms with Crippen molar-refractivity contribution in [2.75, 3.05) is 0 Å². The van der Waals surface area contributed by atoms with E-state index in [0.29, 0.717) is 5.92 Å². The maximum atomic E-state index is 3.60. The fraction of sp³-hybridized carbons (Fsp3) is 0.700. The number of H-pyrrole nitrogens is 1. The molecule has 1 N–H and O–H groups in total. The van der Waals surface area contributed by atoms with Crippen molar-refractivity contribution < 1.29 is 4.57 Å². The number of aromatic nitrogens is 2. The second-order valence-corrected chi connectivity index (χ2v) is 9.77.